The van der Waals surface area contributed by atoms with E-state index in [2.05, 4.69) is 4.98 Å². The van der Waals surface area contributed by atoms with Crippen LogP contribution in [0.15, 0.2) is 41.2 Å². The van der Waals surface area contributed by atoms with E-state index in [0.717, 1.165) is 30.0 Å². The molecule has 3 aromatic rings. The van der Waals surface area contributed by atoms with Gasteiger partial charge in [0.15, 0.2) is 4.96 Å². The van der Waals surface area contributed by atoms with Crippen molar-refractivity contribution in [2.24, 2.45) is 0 Å². The molecule has 0 unspecified atom stereocenters. The molecule has 0 spiro atoms. The van der Waals surface area contributed by atoms with Crippen molar-refractivity contribution >= 4 is 16.3 Å². The first-order valence-corrected chi connectivity index (χ1v) is 8.34. The second-order valence-corrected chi connectivity index (χ2v) is 6.55. The van der Waals surface area contributed by atoms with Crippen LogP contribution >= 0.6 is 11.3 Å². The topological polar surface area (TPSA) is 43.6 Å². The quantitative estimate of drug-likeness (QED) is 0.746. The second kappa shape index (κ2) is 5.57. The molecule has 0 amide bonds. The summed E-state index contributed by atoms with van der Waals surface area (Å²) in [6.07, 6.45) is 4.41. The van der Waals surface area contributed by atoms with Crippen LogP contribution in [0.5, 0.6) is 5.75 Å². The lowest BCUT2D eigenvalue weighted by Gasteiger charge is -2.10. The van der Waals surface area contributed by atoms with Crippen LogP contribution in [-0.4, -0.2) is 9.38 Å². The zero-order chi connectivity index (χ0) is 14.9. The van der Waals surface area contributed by atoms with E-state index in [1.54, 1.807) is 21.8 Å². The predicted molar refractivity (Wildman–Crippen MR) is 86.8 cm³/mol. The average Bonchev–Trinajstić information content (AvgIpc) is 2.92. The number of hydrogen-bond donors (Lipinski definition) is 0. The third-order valence-corrected chi connectivity index (χ3v) is 5.09. The molecule has 0 atom stereocenters. The van der Waals surface area contributed by atoms with E-state index in [1.165, 1.54) is 17.0 Å². The molecule has 2 heterocycles. The molecule has 0 bridgehead atoms. The summed E-state index contributed by atoms with van der Waals surface area (Å²) in [6.45, 7) is 0.318. The lowest BCUT2D eigenvalue weighted by molar-refractivity contribution is 0.301. The standard InChI is InChI=1S/C17H16N2O2S/c20-16-10-12(11-21-13-6-2-1-3-7-13)18-17-19(16)14-8-4-5-9-15(14)22-17/h1-3,6-7,10H,4-5,8-9,11H2. The smallest absolute Gasteiger partial charge is 0.259 e. The number of hydrogen-bond acceptors (Lipinski definition) is 4. The molecule has 4 nitrogen and oxygen atoms in total. The van der Waals surface area contributed by atoms with Crippen LogP contribution in [0.4, 0.5) is 0 Å². The number of benzene rings is 1. The van der Waals surface area contributed by atoms with Crippen molar-refractivity contribution in [1.82, 2.24) is 9.38 Å². The van der Waals surface area contributed by atoms with Crippen LogP contribution in [0, 0.1) is 0 Å². The lowest BCUT2D eigenvalue weighted by Crippen LogP contribution is -2.18. The van der Waals surface area contributed by atoms with E-state index in [4.69, 9.17) is 4.74 Å². The molecule has 0 saturated carbocycles. The van der Waals surface area contributed by atoms with Gasteiger partial charge in [0.2, 0.25) is 0 Å². The normalized spacial score (nSPS) is 14.0. The molecular weight excluding hydrogens is 296 g/mol. The highest BCUT2D eigenvalue weighted by molar-refractivity contribution is 7.17. The van der Waals surface area contributed by atoms with Gasteiger partial charge in [-0.1, -0.05) is 18.2 Å². The molecule has 1 aliphatic rings. The summed E-state index contributed by atoms with van der Waals surface area (Å²) >= 11 is 1.65. The Bertz CT molecular complexity index is 867. The van der Waals surface area contributed by atoms with Gasteiger partial charge in [-0.05, 0) is 37.8 Å². The molecule has 1 aliphatic carbocycles. The van der Waals surface area contributed by atoms with Crippen molar-refractivity contribution in [1.29, 1.82) is 0 Å². The number of fused-ring (bicyclic) bond motifs is 3. The van der Waals surface area contributed by atoms with E-state index in [0.29, 0.717) is 12.3 Å². The Morgan fingerprint density at radius 2 is 2.00 bits per heavy atom. The molecule has 1 aromatic carbocycles. The van der Waals surface area contributed by atoms with E-state index in [-0.39, 0.29) is 5.56 Å². The van der Waals surface area contributed by atoms with Crippen molar-refractivity contribution in [3.05, 3.63) is 63.0 Å². The van der Waals surface area contributed by atoms with E-state index in [1.807, 2.05) is 30.3 Å². The van der Waals surface area contributed by atoms with Crippen LogP contribution in [0.3, 0.4) is 0 Å². The number of ether oxygens (including phenoxy) is 1. The molecule has 0 radical (unpaired) electrons. The van der Waals surface area contributed by atoms with Crippen LogP contribution < -0.4 is 10.3 Å². The third kappa shape index (κ3) is 2.41. The van der Waals surface area contributed by atoms with Gasteiger partial charge in [-0.25, -0.2) is 4.98 Å². The molecule has 4 rings (SSSR count). The van der Waals surface area contributed by atoms with Gasteiger partial charge in [-0.2, -0.15) is 0 Å². The Balaban J connectivity index is 1.67. The average molecular weight is 312 g/mol. The first-order chi connectivity index (χ1) is 10.8. The first kappa shape index (κ1) is 13.5. The minimum Gasteiger partial charge on any atom is -0.487 e. The summed E-state index contributed by atoms with van der Waals surface area (Å²) in [6, 6.07) is 11.2. The Morgan fingerprint density at radius 1 is 1.18 bits per heavy atom. The zero-order valence-electron chi connectivity index (χ0n) is 12.1. The van der Waals surface area contributed by atoms with E-state index < -0.39 is 0 Å². The van der Waals surface area contributed by atoms with Crippen molar-refractivity contribution < 1.29 is 4.74 Å². The molecule has 0 saturated heterocycles. The Labute approximate surface area is 132 Å². The minimum atomic E-state index is 0.0102. The largest absolute Gasteiger partial charge is 0.487 e. The summed E-state index contributed by atoms with van der Waals surface area (Å²) in [5, 5.41) is 0. The maximum Gasteiger partial charge on any atom is 0.259 e. The number of aromatic nitrogens is 2. The van der Waals surface area contributed by atoms with Gasteiger partial charge in [0.05, 0.1) is 5.69 Å². The van der Waals surface area contributed by atoms with Gasteiger partial charge >= 0.3 is 0 Å². The molecule has 112 valence electrons. The fourth-order valence-electron chi connectivity index (χ4n) is 2.89. The summed E-state index contributed by atoms with van der Waals surface area (Å²) in [4.78, 5) is 19.1. The fraction of sp³-hybridized carbons (Fsp3) is 0.294. The number of rotatable bonds is 3. The summed E-state index contributed by atoms with van der Waals surface area (Å²) in [7, 11) is 0. The lowest BCUT2D eigenvalue weighted by atomic mass is 10.0. The van der Waals surface area contributed by atoms with Gasteiger partial charge in [0.1, 0.15) is 12.4 Å². The highest BCUT2D eigenvalue weighted by Crippen LogP contribution is 2.28. The highest BCUT2D eigenvalue weighted by atomic mass is 32.1. The van der Waals surface area contributed by atoms with Crippen LogP contribution in [0.25, 0.3) is 4.96 Å². The molecule has 0 fully saturated rings. The molecule has 5 heteroatoms. The number of para-hydroxylation sites is 1. The molecule has 0 aliphatic heterocycles. The van der Waals surface area contributed by atoms with Crippen molar-refractivity contribution in [3.63, 3.8) is 0 Å². The van der Waals surface area contributed by atoms with Gasteiger partial charge in [0, 0.05) is 16.6 Å². The van der Waals surface area contributed by atoms with Gasteiger partial charge < -0.3 is 4.74 Å². The van der Waals surface area contributed by atoms with Gasteiger partial charge in [-0.3, -0.25) is 9.20 Å². The predicted octanol–water partition coefficient (Wildman–Crippen LogP) is 3.21. The Morgan fingerprint density at radius 3 is 2.86 bits per heavy atom. The maximum atomic E-state index is 12.4. The number of thiazole rings is 1. The Hall–Kier alpha value is -2.14. The number of nitrogens with zero attached hydrogens (tertiary/aromatic N) is 2. The highest BCUT2D eigenvalue weighted by Gasteiger charge is 2.18. The summed E-state index contributed by atoms with van der Waals surface area (Å²) in [5.74, 6) is 0.787. The van der Waals surface area contributed by atoms with E-state index >= 15 is 0 Å². The SMILES string of the molecule is O=c1cc(COc2ccccc2)nc2sc3c(n12)CCCC3. The van der Waals surface area contributed by atoms with Crippen molar-refractivity contribution in [2.75, 3.05) is 0 Å². The van der Waals surface area contributed by atoms with Crippen molar-refractivity contribution in [3.8, 4) is 5.75 Å². The monoisotopic (exact) mass is 312 g/mol. The zero-order valence-corrected chi connectivity index (χ0v) is 12.9. The maximum absolute atomic E-state index is 12.4. The van der Waals surface area contributed by atoms with Gasteiger partial charge in [-0.15, -0.1) is 11.3 Å². The molecule has 0 N–H and O–H groups in total. The summed E-state index contributed by atoms with van der Waals surface area (Å²) < 4.78 is 7.47. The third-order valence-electron chi connectivity index (χ3n) is 3.94. The van der Waals surface area contributed by atoms with Gasteiger partial charge in [0.25, 0.3) is 5.56 Å². The van der Waals surface area contributed by atoms with Crippen LogP contribution in [-0.2, 0) is 19.4 Å². The second-order valence-electron chi connectivity index (χ2n) is 5.48. The Kier molecular flexibility index (Phi) is 3.42. The number of aryl methyl sites for hydroxylation is 2. The van der Waals surface area contributed by atoms with Crippen molar-refractivity contribution in [2.45, 2.75) is 32.3 Å². The molecule has 22 heavy (non-hydrogen) atoms. The minimum absolute atomic E-state index is 0.0102. The van der Waals surface area contributed by atoms with Crippen LogP contribution in [0.1, 0.15) is 29.1 Å². The van der Waals surface area contributed by atoms with Crippen LogP contribution in [0.2, 0.25) is 0 Å². The summed E-state index contributed by atoms with van der Waals surface area (Å²) in [5.41, 5.74) is 1.86. The molecular formula is C17H16N2O2S. The molecule has 2 aromatic heterocycles. The fourth-order valence-corrected chi connectivity index (χ4v) is 4.12. The van der Waals surface area contributed by atoms with E-state index in [9.17, 15) is 4.79 Å². The first-order valence-electron chi connectivity index (χ1n) is 7.52.